The van der Waals surface area contributed by atoms with E-state index in [1.807, 2.05) is 0 Å². The molecule has 8 aromatic carbocycles. The monoisotopic (exact) mass is 586 g/mol. The van der Waals surface area contributed by atoms with Gasteiger partial charge < -0.3 is 9.15 Å². The first-order valence-corrected chi connectivity index (χ1v) is 15.7. The maximum atomic E-state index is 6.34. The van der Waals surface area contributed by atoms with Gasteiger partial charge in [-0.15, -0.1) is 0 Å². The number of rotatable bonds is 3. The molecule has 0 atom stereocenters. The summed E-state index contributed by atoms with van der Waals surface area (Å²) in [6, 6.07) is 56.2. The van der Waals surface area contributed by atoms with Gasteiger partial charge in [0.15, 0.2) is 0 Å². The highest BCUT2D eigenvalue weighted by Gasteiger charge is 2.20. The van der Waals surface area contributed by atoms with E-state index >= 15 is 0 Å². The van der Waals surface area contributed by atoms with Gasteiger partial charge in [0.2, 0.25) is 0 Å². The summed E-state index contributed by atoms with van der Waals surface area (Å²) in [6.45, 7) is 0. The van der Waals surface area contributed by atoms with Crippen LogP contribution in [0.5, 0.6) is 11.5 Å². The predicted molar refractivity (Wildman–Crippen MR) is 191 cm³/mol. The van der Waals surface area contributed by atoms with Gasteiger partial charge in [-0.2, -0.15) is 0 Å². The third-order valence-electron chi connectivity index (χ3n) is 9.44. The highest BCUT2D eigenvalue weighted by molar-refractivity contribution is 6.15. The lowest BCUT2D eigenvalue weighted by Crippen LogP contribution is -1.97. The highest BCUT2D eigenvalue weighted by Crippen LogP contribution is 2.47. The van der Waals surface area contributed by atoms with Gasteiger partial charge in [-0.3, -0.25) is 0 Å². The van der Waals surface area contributed by atoms with Crippen molar-refractivity contribution in [3.05, 3.63) is 158 Å². The van der Waals surface area contributed by atoms with Crippen molar-refractivity contribution in [2.45, 2.75) is 0 Å². The molecule has 0 saturated carbocycles. The molecule has 0 aliphatic carbocycles. The lowest BCUT2D eigenvalue weighted by atomic mass is 9.91. The molecule has 0 radical (unpaired) electrons. The lowest BCUT2D eigenvalue weighted by Gasteiger charge is -2.22. The van der Waals surface area contributed by atoms with E-state index in [4.69, 9.17) is 9.15 Å². The summed E-state index contributed by atoms with van der Waals surface area (Å²) >= 11 is 0. The minimum atomic E-state index is 0.898. The molecular weight excluding hydrogens is 560 g/mol. The van der Waals surface area contributed by atoms with Crippen LogP contribution in [0.1, 0.15) is 0 Å². The largest absolute Gasteiger partial charge is 0.456 e. The summed E-state index contributed by atoms with van der Waals surface area (Å²) in [6.07, 6.45) is 0. The van der Waals surface area contributed by atoms with Gasteiger partial charge in [0.25, 0.3) is 0 Å². The molecule has 10 rings (SSSR count). The minimum absolute atomic E-state index is 0.898. The molecule has 0 saturated heterocycles. The van der Waals surface area contributed by atoms with Crippen molar-refractivity contribution < 1.29 is 9.15 Å². The normalized spacial score (nSPS) is 12.1. The second-order valence-corrected chi connectivity index (χ2v) is 12.1. The summed E-state index contributed by atoms with van der Waals surface area (Å²) in [7, 11) is 0. The lowest BCUT2D eigenvalue weighted by molar-refractivity contribution is 0.487. The van der Waals surface area contributed by atoms with Crippen LogP contribution in [-0.4, -0.2) is 0 Å². The Balaban J connectivity index is 1.02. The summed E-state index contributed by atoms with van der Waals surface area (Å²) in [5, 5.41) is 7.09. The third kappa shape index (κ3) is 3.84. The highest BCUT2D eigenvalue weighted by atomic mass is 16.5. The Labute approximate surface area is 265 Å². The van der Waals surface area contributed by atoms with Crippen LogP contribution in [0.15, 0.2) is 162 Å². The molecule has 0 amide bonds. The molecule has 2 nitrogen and oxygen atoms in total. The second-order valence-electron chi connectivity index (χ2n) is 12.1. The van der Waals surface area contributed by atoms with Crippen LogP contribution in [0.4, 0.5) is 0 Å². The molecule has 0 spiro atoms. The van der Waals surface area contributed by atoms with Gasteiger partial charge in [0.1, 0.15) is 22.7 Å². The first-order valence-electron chi connectivity index (χ1n) is 15.7. The van der Waals surface area contributed by atoms with Crippen molar-refractivity contribution in [3.8, 4) is 56.0 Å². The molecule has 46 heavy (non-hydrogen) atoms. The van der Waals surface area contributed by atoms with Crippen LogP contribution in [0.3, 0.4) is 0 Å². The number of fused-ring (bicyclic) bond motifs is 6. The maximum absolute atomic E-state index is 6.34. The van der Waals surface area contributed by atoms with Crippen LogP contribution in [-0.2, 0) is 0 Å². The molecule has 9 aromatic rings. The van der Waals surface area contributed by atoms with E-state index in [0.717, 1.165) is 39.0 Å². The van der Waals surface area contributed by atoms with Gasteiger partial charge in [-0.05, 0) is 97.6 Å². The smallest absolute Gasteiger partial charge is 0.136 e. The Hall–Kier alpha value is -6.12. The van der Waals surface area contributed by atoms with Crippen molar-refractivity contribution >= 4 is 43.5 Å². The standard InChI is InChI=1S/C44H26O2/c1-2-8-33-26-42-38(25-32(33)7-1)44-35(13-6-16-41(44)46-42)28-19-17-27(18-20-28)30-11-3-12-31(23-30)34-21-22-39-37(24-34)36-14-4-9-29-10-5-15-40(45-39)43(29)36/h1-26H. The SMILES string of the molecule is c1cc(-c2ccc(-c3cccc4oc5cc6ccccc6cc5c34)cc2)cc(-c2ccc3c(c2)-c2cccc4cccc(c24)O3)c1. The van der Waals surface area contributed by atoms with Crippen molar-refractivity contribution in [1.82, 2.24) is 0 Å². The average molecular weight is 587 g/mol. The van der Waals surface area contributed by atoms with E-state index in [1.165, 1.54) is 60.5 Å². The van der Waals surface area contributed by atoms with Gasteiger partial charge in [-0.25, -0.2) is 0 Å². The molecule has 0 unspecified atom stereocenters. The number of furan rings is 1. The molecule has 1 aliphatic heterocycles. The molecule has 2 heterocycles. The van der Waals surface area contributed by atoms with Crippen molar-refractivity contribution in [1.29, 1.82) is 0 Å². The van der Waals surface area contributed by atoms with E-state index in [9.17, 15) is 0 Å². The topological polar surface area (TPSA) is 22.4 Å². The third-order valence-corrected chi connectivity index (χ3v) is 9.44. The molecule has 0 N–H and O–H groups in total. The zero-order chi connectivity index (χ0) is 30.2. The Morgan fingerprint density at radius 1 is 0.326 bits per heavy atom. The molecule has 214 valence electrons. The van der Waals surface area contributed by atoms with E-state index < -0.39 is 0 Å². The number of benzene rings is 8. The predicted octanol–water partition coefficient (Wildman–Crippen LogP) is 12.7. The van der Waals surface area contributed by atoms with Crippen molar-refractivity contribution in [3.63, 3.8) is 0 Å². The van der Waals surface area contributed by atoms with E-state index in [0.29, 0.717) is 0 Å². The maximum Gasteiger partial charge on any atom is 0.136 e. The van der Waals surface area contributed by atoms with E-state index in [-0.39, 0.29) is 0 Å². The summed E-state index contributed by atoms with van der Waals surface area (Å²) in [5.74, 6) is 1.82. The quantitative estimate of drug-likeness (QED) is 0.205. The fraction of sp³-hybridized carbons (Fsp3) is 0. The van der Waals surface area contributed by atoms with E-state index in [2.05, 4.69) is 158 Å². The molecule has 1 aliphatic rings. The van der Waals surface area contributed by atoms with Crippen molar-refractivity contribution in [2.24, 2.45) is 0 Å². The van der Waals surface area contributed by atoms with Crippen LogP contribution < -0.4 is 4.74 Å². The first-order chi connectivity index (χ1) is 22.8. The van der Waals surface area contributed by atoms with Gasteiger partial charge in [-0.1, -0.05) is 115 Å². The fourth-order valence-corrected chi connectivity index (χ4v) is 7.22. The molecule has 0 bridgehead atoms. The summed E-state index contributed by atoms with van der Waals surface area (Å²) in [5.41, 5.74) is 11.2. The Kier molecular flexibility index (Phi) is 5.31. The molecule has 0 fully saturated rings. The van der Waals surface area contributed by atoms with Gasteiger partial charge >= 0.3 is 0 Å². The number of hydrogen-bond donors (Lipinski definition) is 0. The first kappa shape index (κ1) is 25.2. The zero-order valence-corrected chi connectivity index (χ0v) is 24.8. The molecule has 1 aromatic heterocycles. The molecular formula is C44H26O2. The van der Waals surface area contributed by atoms with Crippen molar-refractivity contribution in [2.75, 3.05) is 0 Å². The zero-order valence-electron chi connectivity index (χ0n) is 24.8. The Bertz CT molecular complexity index is 2650. The van der Waals surface area contributed by atoms with E-state index in [1.54, 1.807) is 0 Å². The van der Waals surface area contributed by atoms with Crippen LogP contribution in [0, 0.1) is 0 Å². The summed E-state index contributed by atoms with van der Waals surface area (Å²) in [4.78, 5) is 0. The minimum Gasteiger partial charge on any atom is -0.456 e. The Morgan fingerprint density at radius 2 is 0.978 bits per heavy atom. The Morgan fingerprint density at radius 3 is 1.85 bits per heavy atom. The summed E-state index contributed by atoms with van der Waals surface area (Å²) < 4.78 is 12.7. The van der Waals surface area contributed by atoms with Gasteiger partial charge in [0.05, 0.1) is 0 Å². The van der Waals surface area contributed by atoms with Crippen LogP contribution >= 0.6 is 0 Å². The molecule has 2 heteroatoms. The fourth-order valence-electron chi connectivity index (χ4n) is 7.22. The second kappa shape index (κ2) is 9.69. The number of hydrogen-bond acceptors (Lipinski definition) is 2. The van der Waals surface area contributed by atoms with Gasteiger partial charge in [0, 0.05) is 21.7 Å². The van der Waals surface area contributed by atoms with Crippen LogP contribution in [0.2, 0.25) is 0 Å². The number of ether oxygens (including phenoxy) is 1. The average Bonchev–Trinajstić information content (AvgIpc) is 3.48. The van der Waals surface area contributed by atoms with Crippen LogP contribution in [0.25, 0.3) is 88.0 Å².